The molecule has 8 heteroatoms. The third-order valence-electron chi connectivity index (χ3n) is 8.08. The van der Waals surface area contributed by atoms with Crippen molar-refractivity contribution in [1.29, 1.82) is 0 Å². The summed E-state index contributed by atoms with van der Waals surface area (Å²) in [6, 6.07) is 21.9. The van der Waals surface area contributed by atoms with Gasteiger partial charge in [-0.25, -0.2) is 0 Å². The predicted octanol–water partition coefficient (Wildman–Crippen LogP) is 7.04. The molecule has 4 atom stereocenters. The molecule has 4 aromatic rings. The van der Waals surface area contributed by atoms with Crippen molar-refractivity contribution < 1.29 is 14.4 Å². The van der Waals surface area contributed by atoms with Gasteiger partial charge in [-0.05, 0) is 58.5 Å². The van der Waals surface area contributed by atoms with Crippen LogP contribution in [0.4, 0.5) is 5.69 Å². The van der Waals surface area contributed by atoms with Gasteiger partial charge < -0.3 is 10.2 Å². The molecule has 39 heavy (non-hydrogen) atoms. The average Bonchev–Trinajstić information content (AvgIpc) is 3.65. The molecular weight excluding hydrogens is 551 g/mol. The van der Waals surface area contributed by atoms with Crippen molar-refractivity contribution in [3.05, 3.63) is 128 Å². The third kappa shape index (κ3) is 3.35. The van der Waals surface area contributed by atoms with Gasteiger partial charge in [-0.15, -0.1) is 11.3 Å². The number of carbonyl (C=O) groups excluding carboxylic acids is 3. The second-order valence-electron chi connectivity index (χ2n) is 9.92. The number of anilines is 1. The Morgan fingerprint density at radius 2 is 1.72 bits per heavy atom. The highest BCUT2D eigenvalue weighted by molar-refractivity contribution is 7.12. The summed E-state index contributed by atoms with van der Waals surface area (Å²) in [6.45, 7) is 0. The molecule has 1 spiro atoms. The number of hydrogen-bond donors (Lipinski definition) is 1. The zero-order valence-corrected chi connectivity index (χ0v) is 22.6. The summed E-state index contributed by atoms with van der Waals surface area (Å²) in [4.78, 5) is 45.8. The van der Waals surface area contributed by atoms with Gasteiger partial charge in [0, 0.05) is 22.5 Å². The minimum absolute atomic E-state index is 0.199. The molecule has 1 fully saturated rings. The van der Waals surface area contributed by atoms with Crippen LogP contribution in [-0.2, 0) is 10.2 Å². The lowest BCUT2D eigenvalue weighted by atomic mass is 9.63. The van der Waals surface area contributed by atoms with Crippen LogP contribution in [0.15, 0.2) is 90.4 Å². The second kappa shape index (κ2) is 8.91. The monoisotopic (exact) mass is 570 g/mol. The normalized spacial score (nSPS) is 24.3. The van der Waals surface area contributed by atoms with Crippen molar-refractivity contribution in [3.63, 3.8) is 0 Å². The summed E-state index contributed by atoms with van der Waals surface area (Å²) < 4.78 is 0. The maximum Gasteiger partial charge on any atom is 0.238 e. The van der Waals surface area contributed by atoms with E-state index in [1.54, 1.807) is 24.3 Å². The van der Waals surface area contributed by atoms with Crippen molar-refractivity contribution in [2.75, 3.05) is 5.32 Å². The van der Waals surface area contributed by atoms with Gasteiger partial charge in [0.1, 0.15) is 11.5 Å². The summed E-state index contributed by atoms with van der Waals surface area (Å²) in [5.74, 6) is -1.91. The molecule has 7 rings (SSSR count). The van der Waals surface area contributed by atoms with E-state index in [0.29, 0.717) is 21.2 Å². The fraction of sp³-hybridized carbons (Fsp3) is 0.129. The SMILES string of the molecule is O=C(c1cccs1)[C@@H]1[C@H](C(=O)c2ccc(Cl)cc2Cl)N2C=Cc3ccccc3[C@H]2[C@]12C(=O)Nc1ccccc12. The van der Waals surface area contributed by atoms with E-state index in [-0.39, 0.29) is 28.1 Å². The molecule has 0 radical (unpaired) electrons. The maximum atomic E-state index is 14.5. The molecule has 3 aliphatic heterocycles. The summed E-state index contributed by atoms with van der Waals surface area (Å²) in [5.41, 5.74) is 2.07. The van der Waals surface area contributed by atoms with Crippen molar-refractivity contribution in [3.8, 4) is 0 Å². The summed E-state index contributed by atoms with van der Waals surface area (Å²) in [5, 5.41) is 5.48. The van der Waals surface area contributed by atoms with Crippen molar-refractivity contribution in [2.24, 2.45) is 5.92 Å². The second-order valence-corrected chi connectivity index (χ2v) is 11.7. The number of rotatable bonds is 4. The summed E-state index contributed by atoms with van der Waals surface area (Å²) in [6.07, 6.45) is 3.77. The van der Waals surface area contributed by atoms with Crippen LogP contribution in [0.3, 0.4) is 0 Å². The highest BCUT2D eigenvalue weighted by Gasteiger charge is 2.70. The van der Waals surface area contributed by atoms with Crippen LogP contribution in [0.25, 0.3) is 6.08 Å². The zero-order chi connectivity index (χ0) is 26.9. The number of nitrogens with one attached hydrogen (secondary N) is 1. The van der Waals surface area contributed by atoms with Gasteiger partial charge in [-0.1, -0.05) is 71.7 Å². The van der Waals surface area contributed by atoms with Crippen molar-refractivity contribution in [2.45, 2.75) is 17.5 Å². The highest BCUT2D eigenvalue weighted by Crippen LogP contribution is 2.62. The number of thiophene rings is 1. The average molecular weight is 571 g/mol. The maximum absolute atomic E-state index is 14.5. The molecule has 1 amide bonds. The van der Waals surface area contributed by atoms with Gasteiger partial charge in [-0.2, -0.15) is 0 Å². The zero-order valence-electron chi connectivity index (χ0n) is 20.3. The predicted molar refractivity (Wildman–Crippen MR) is 154 cm³/mol. The topological polar surface area (TPSA) is 66.5 Å². The standard InChI is InChI=1S/C31H20Cl2N2O3S/c32-18-11-12-20(22(33)16-18)27(36)26-25(28(37)24-10-5-15-39-24)31(21-8-3-4-9-23(21)34-30(31)38)29-19-7-2-1-6-17(19)13-14-35(26)29/h1-16,25-26,29H,(H,34,38)/t25-,26+,29-,31+/m0/s1. The number of ketones is 2. The molecule has 3 aromatic carbocycles. The van der Waals surface area contributed by atoms with Gasteiger partial charge >= 0.3 is 0 Å². The lowest BCUT2D eigenvalue weighted by molar-refractivity contribution is -0.122. The number of amides is 1. The van der Waals surface area contributed by atoms with Crippen LogP contribution >= 0.6 is 34.5 Å². The van der Waals surface area contributed by atoms with Crippen molar-refractivity contribution in [1.82, 2.24) is 4.90 Å². The highest BCUT2D eigenvalue weighted by atomic mass is 35.5. The smallest absolute Gasteiger partial charge is 0.238 e. The Morgan fingerprint density at radius 1 is 0.923 bits per heavy atom. The van der Waals surface area contributed by atoms with Gasteiger partial charge in [-0.3, -0.25) is 14.4 Å². The van der Waals surface area contributed by atoms with E-state index in [1.807, 2.05) is 71.1 Å². The van der Waals surface area contributed by atoms with Crippen LogP contribution in [0.2, 0.25) is 10.0 Å². The van der Waals surface area contributed by atoms with E-state index in [1.165, 1.54) is 17.4 Å². The minimum Gasteiger partial charge on any atom is -0.358 e. The number of carbonyl (C=O) groups is 3. The molecule has 5 nitrogen and oxygen atoms in total. The number of halogens is 2. The minimum atomic E-state index is -1.36. The van der Waals surface area contributed by atoms with Gasteiger partial charge in [0.15, 0.2) is 11.6 Å². The molecule has 0 aliphatic carbocycles. The van der Waals surface area contributed by atoms with E-state index in [0.717, 1.165) is 11.1 Å². The fourth-order valence-electron chi connectivity index (χ4n) is 6.59. The molecule has 4 heterocycles. The Kier molecular flexibility index (Phi) is 5.56. The van der Waals surface area contributed by atoms with Crippen LogP contribution in [0.1, 0.15) is 42.8 Å². The fourth-order valence-corrected chi connectivity index (χ4v) is 7.79. The molecule has 1 saturated heterocycles. The molecular formula is C31H20Cl2N2O3S. The van der Waals surface area contributed by atoms with E-state index in [2.05, 4.69) is 5.32 Å². The van der Waals surface area contributed by atoms with Crippen LogP contribution in [-0.4, -0.2) is 28.4 Å². The van der Waals surface area contributed by atoms with E-state index < -0.39 is 23.4 Å². The van der Waals surface area contributed by atoms with E-state index in [4.69, 9.17) is 23.2 Å². The molecule has 1 aromatic heterocycles. The number of benzene rings is 3. The Hall–Kier alpha value is -3.71. The number of nitrogens with zero attached hydrogens (tertiary/aromatic N) is 1. The van der Waals surface area contributed by atoms with Crippen LogP contribution < -0.4 is 5.32 Å². The van der Waals surface area contributed by atoms with Crippen molar-refractivity contribution >= 4 is 63.8 Å². The molecule has 3 aliphatic rings. The van der Waals surface area contributed by atoms with Gasteiger partial charge in [0.2, 0.25) is 5.91 Å². The summed E-state index contributed by atoms with van der Waals surface area (Å²) >= 11 is 14.0. The van der Waals surface area contributed by atoms with E-state index in [9.17, 15) is 14.4 Å². The lowest BCUT2D eigenvalue weighted by Gasteiger charge is -2.38. The Bertz CT molecular complexity index is 1720. The molecule has 0 unspecified atom stereocenters. The molecule has 0 saturated carbocycles. The van der Waals surface area contributed by atoms with Crippen LogP contribution in [0.5, 0.6) is 0 Å². The summed E-state index contributed by atoms with van der Waals surface area (Å²) in [7, 11) is 0. The largest absolute Gasteiger partial charge is 0.358 e. The first kappa shape index (κ1) is 24.3. The number of fused-ring (bicyclic) bond motifs is 6. The Balaban J connectivity index is 1.55. The lowest BCUT2D eigenvalue weighted by Crippen LogP contribution is -2.49. The third-order valence-corrected chi connectivity index (χ3v) is 9.51. The molecule has 192 valence electrons. The van der Waals surface area contributed by atoms with Gasteiger partial charge in [0.05, 0.1) is 21.9 Å². The van der Waals surface area contributed by atoms with Crippen LogP contribution in [0, 0.1) is 5.92 Å². The number of Topliss-reactive ketones (excluding diaryl/α,β-unsaturated/α-hetero) is 2. The number of para-hydroxylation sites is 1. The first-order valence-corrected chi connectivity index (χ1v) is 14.1. The van der Waals surface area contributed by atoms with E-state index >= 15 is 0 Å². The first-order chi connectivity index (χ1) is 18.9. The van der Waals surface area contributed by atoms with Gasteiger partial charge in [0.25, 0.3) is 0 Å². The molecule has 0 bridgehead atoms. The Morgan fingerprint density at radius 3 is 2.51 bits per heavy atom. The number of hydrogen-bond acceptors (Lipinski definition) is 5. The Labute approximate surface area is 238 Å². The quantitative estimate of drug-likeness (QED) is 0.267. The molecule has 1 N–H and O–H groups in total. The first-order valence-electron chi connectivity index (χ1n) is 12.5.